The predicted octanol–water partition coefficient (Wildman–Crippen LogP) is 1.11. The molecule has 3 atom stereocenters. The molecule has 3 rings (SSSR count). The summed E-state index contributed by atoms with van der Waals surface area (Å²) in [6.07, 6.45) is 0. The minimum absolute atomic E-state index is 0.0916. The Kier molecular flexibility index (Phi) is 6.74. The molecule has 2 heterocycles. The lowest BCUT2D eigenvalue weighted by Gasteiger charge is -2.55. The number of rotatable bonds is 6. The lowest BCUT2D eigenvalue weighted by atomic mass is 9.92. The zero-order chi connectivity index (χ0) is 21.2. The van der Waals surface area contributed by atoms with Gasteiger partial charge in [0.15, 0.2) is 6.61 Å². The number of amides is 2. The number of hydrogen-bond acceptors (Lipinski definition) is 7. The molecule has 2 aliphatic rings. The Labute approximate surface area is 185 Å². The second-order valence-electron chi connectivity index (χ2n) is 6.45. The fourth-order valence-electron chi connectivity index (χ4n) is 3.02. The van der Waals surface area contributed by atoms with Gasteiger partial charge in [0.05, 0.1) is 11.8 Å². The summed E-state index contributed by atoms with van der Waals surface area (Å²) >= 11 is 17.9. The third-order valence-electron chi connectivity index (χ3n) is 4.33. The van der Waals surface area contributed by atoms with E-state index in [1.165, 1.54) is 11.8 Å². The zero-order valence-corrected chi connectivity index (χ0v) is 17.9. The minimum Gasteiger partial charge on any atom is -0.484 e. The minimum atomic E-state index is -2.19. The van der Waals surface area contributed by atoms with Crippen LogP contribution in [0.25, 0.3) is 0 Å². The summed E-state index contributed by atoms with van der Waals surface area (Å²) in [5.41, 5.74) is -2.19. The van der Waals surface area contributed by atoms with Crippen LogP contribution in [0.3, 0.4) is 0 Å². The highest BCUT2D eigenvalue weighted by Gasteiger charge is 2.62. The molecule has 1 aromatic rings. The van der Waals surface area contributed by atoms with Gasteiger partial charge in [0.2, 0.25) is 15.4 Å². The van der Waals surface area contributed by atoms with Gasteiger partial charge >= 0.3 is 5.97 Å². The van der Waals surface area contributed by atoms with Gasteiger partial charge in [0.1, 0.15) is 18.4 Å². The molecule has 0 saturated carbocycles. The maximum Gasteiger partial charge on any atom is 0.360 e. The van der Waals surface area contributed by atoms with E-state index in [-0.39, 0.29) is 12.4 Å². The van der Waals surface area contributed by atoms with Gasteiger partial charge in [-0.1, -0.05) is 53.0 Å². The van der Waals surface area contributed by atoms with Crippen molar-refractivity contribution >= 4 is 64.3 Å². The second kappa shape index (κ2) is 8.77. The number of thioether (sulfide) groups is 1. The molecule has 2 aliphatic heterocycles. The van der Waals surface area contributed by atoms with Crippen LogP contribution in [0.15, 0.2) is 30.3 Å². The fraction of sp³-hybridized carbons (Fsp3) is 0.471. The van der Waals surface area contributed by atoms with E-state index >= 15 is 0 Å². The summed E-state index contributed by atoms with van der Waals surface area (Å²) in [7, 11) is 0. The molecule has 1 unspecified atom stereocenters. The first kappa shape index (κ1) is 22.3. The van der Waals surface area contributed by atoms with E-state index in [4.69, 9.17) is 44.3 Å². The maximum absolute atomic E-state index is 12.5. The average molecular weight is 484 g/mol. The van der Waals surface area contributed by atoms with Crippen molar-refractivity contribution in [2.45, 2.75) is 21.6 Å². The summed E-state index contributed by atoms with van der Waals surface area (Å²) in [5.74, 6) is -1.33. The molecule has 0 spiro atoms. The Bertz CT molecular complexity index is 793. The van der Waals surface area contributed by atoms with E-state index in [1.54, 1.807) is 24.3 Å². The van der Waals surface area contributed by atoms with Gasteiger partial charge in [0, 0.05) is 5.75 Å². The van der Waals surface area contributed by atoms with Gasteiger partial charge in [0.25, 0.3) is 5.91 Å². The molecular weight excluding hydrogens is 467 g/mol. The Morgan fingerprint density at radius 2 is 2.00 bits per heavy atom. The first-order valence-electron chi connectivity index (χ1n) is 8.46. The predicted molar refractivity (Wildman–Crippen MR) is 108 cm³/mol. The van der Waals surface area contributed by atoms with Crippen molar-refractivity contribution in [2.75, 3.05) is 24.7 Å². The molecule has 2 amide bonds. The Morgan fingerprint density at radius 1 is 1.31 bits per heavy atom. The molecule has 1 aromatic carbocycles. The summed E-state index contributed by atoms with van der Waals surface area (Å²) in [6.45, 7) is -0.851. The quantitative estimate of drug-likeness (QED) is 0.355. The van der Waals surface area contributed by atoms with Crippen LogP contribution in [0.2, 0.25) is 0 Å². The summed E-state index contributed by atoms with van der Waals surface area (Å²) in [5, 5.41) is 13.3. The van der Waals surface area contributed by atoms with E-state index in [0.29, 0.717) is 11.5 Å². The van der Waals surface area contributed by atoms with Crippen LogP contribution in [0.1, 0.15) is 0 Å². The van der Waals surface area contributed by atoms with Gasteiger partial charge in [-0.2, -0.15) is 11.8 Å². The molecule has 0 bridgehead atoms. The van der Waals surface area contributed by atoms with Crippen molar-refractivity contribution in [3.63, 3.8) is 0 Å². The van der Waals surface area contributed by atoms with Crippen molar-refractivity contribution in [1.29, 1.82) is 0 Å². The first-order chi connectivity index (χ1) is 13.6. The average Bonchev–Trinajstić information content (AvgIpc) is 2.68. The van der Waals surface area contributed by atoms with Crippen molar-refractivity contribution in [2.24, 2.45) is 0 Å². The number of benzene rings is 1. The number of nitrogens with one attached hydrogen (secondary N) is 1. The topological polar surface area (TPSA) is 105 Å². The Hall–Kier alpha value is -1.39. The molecule has 12 heteroatoms. The third-order valence-corrected chi connectivity index (χ3v) is 5.85. The second-order valence-corrected chi connectivity index (χ2v) is 9.99. The molecule has 0 radical (unpaired) electrons. The Balaban J connectivity index is 1.58. The molecular formula is C17H17Cl3N2O6S. The summed E-state index contributed by atoms with van der Waals surface area (Å²) in [6, 6.07) is 7.29. The highest BCUT2D eigenvalue weighted by molar-refractivity contribution is 7.99. The standard InChI is InChI=1S/C17H17Cl3N2O6S/c18-17(19,20)8-28-15(25)16(26)9-29-7-11-13(14(24)22(11)16)21-12(23)6-27-10-4-2-1-3-5-10/h1-5,11,13,26H,6-9H2,(H,21,23)/t11-,13+,16?/m0/s1. The molecule has 2 fully saturated rings. The third kappa shape index (κ3) is 5.03. The first-order valence-corrected chi connectivity index (χ1v) is 10.8. The van der Waals surface area contributed by atoms with Gasteiger partial charge in [-0.3, -0.25) is 14.5 Å². The lowest BCUT2D eigenvalue weighted by molar-refractivity contribution is -0.209. The molecule has 29 heavy (non-hydrogen) atoms. The highest BCUT2D eigenvalue weighted by Crippen LogP contribution is 2.39. The number of ether oxygens (including phenoxy) is 2. The van der Waals surface area contributed by atoms with Crippen molar-refractivity contribution in [3.8, 4) is 5.75 Å². The summed E-state index contributed by atoms with van der Waals surface area (Å²) in [4.78, 5) is 38.0. The van der Waals surface area contributed by atoms with E-state index in [2.05, 4.69) is 5.32 Å². The van der Waals surface area contributed by atoms with Crippen molar-refractivity contribution in [1.82, 2.24) is 10.2 Å². The number of para-hydroxylation sites is 1. The van der Waals surface area contributed by atoms with Crippen molar-refractivity contribution in [3.05, 3.63) is 30.3 Å². The van der Waals surface area contributed by atoms with Gasteiger partial charge in [-0.05, 0) is 12.1 Å². The fourth-order valence-corrected chi connectivity index (χ4v) is 4.43. The zero-order valence-electron chi connectivity index (χ0n) is 14.8. The normalized spacial score (nSPS) is 26.2. The number of esters is 1. The van der Waals surface area contributed by atoms with E-state index in [0.717, 1.165) is 4.90 Å². The largest absolute Gasteiger partial charge is 0.484 e. The molecule has 8 nitrogen and oxygen atoms in total. The van der Waals surface area contributed by atoms with Crippen LogP contribution in [0.5, 0.6) is 5.75 Å². The van der Waals surface area contributed by atoms with Crippen LogP contribution >= 0.6 is 46.6 Å². The molecule has 2 saturated heterocycles. The number of fused-ring (bicyclic) bond motifs is 1. The number of hydrogen-bond donors (Lipinski definition) is 2. The Morgan fingerprint density at radius 3 is 2.66 bits per heavy atom. The van der Waals surface area contributed by atoms with Crippen LogP contribution in [-0.2, 0) is 19.1 Å². The number of alkyl halides is 3. The number of β-lactam (4-membered cyclic amide) rings is 1. The number of carbonyl (C=O) groups excluding carboxylic acids is 3. The maximum atomic E-state index is 12.5. The number of halogens is 3. The van der Waals surface area contributed by atoms with Crippen LogP contribution < -0.4 is 10.1 Å². The van der Waals surface area contributed by atoms with Crippen LogP contribution in [0.4, 0.5) is 0 Å². The number of aliphatic hydroxyl groups is 1. The monoisotopic (exact) mass is 482 g/mol. The lowest BCUT2D eigenvalue weighted by Crippen LogP contribution is -2.81. The van der Waals surface area contributed by atoms with Gasteiger partial charge in [-0.25, -0.2) is 4.79 Å². The van der Waals surface area contributed by atoms with E-state index in [1.807, 2.05) is 6.07 Å². The molecule has 2 N–H and O–H groups in total. The van der Waals surface area contributed by atoms with Crippen molar-refractivity contribution < 1.29 is 29.0 Å². The summed E-state index contributed by atoms with van der Waals surface area (Å²) < 4.78 is 8.36. The highest BCUT2D eigenvalue weighted by atomic mass is 35.6. The smallest absolute Gasteiger partial charge is 0.360 e. The number of nitrogens with zero attached hydrogens (tertiary/aromatic N) is 1. The van der Waals surface area contributed by atoms with E-state index < -0.39 is 46.0 Å². The van der Waals surface area contributed by atoms with E-state index in [9.17, 15) is 19.5 Å². The molecule has 0 aromatic heterocycles. The van der Waals surface area contributed by atoms with Crippen LogP contribution in [0, 0.1) is 0 Å². The number of carbonyl (C=O) groups is 3. The molecule has 0 aliphatic carbocycles. The van der Waals surface area contributed by atoms with Gasteiger partial charge < -0.3 is 19.9 Å². The SMILES string of the molecule is O=C(COc1ccccc1)N[C@H]1C(=O)N2[C@H]1CSCC2(O)C(=O)OCC(Cl)(Cl)Cl. The van der Waals surface area contributed by atoms with Gasteiger partial charge in [-0.15, -0.1) is 0 Å². The molecule has 158 valence electrons. The van der Waals surface area contributed by atoms with Crippen LogP contribution in [-0.4, -0.2) is 74.1 Å².